The molecule has 0 aromatic rings. The summed E-state index contributed by atoms with van der Waals surface area (Å²) in [5.41, 5.74) is 0. The van der Waals surface area contributed by atoms with Gasteiger partial charge in [-0.1, -0.05) is 327 Å². The highest BCUT2D eigenvalue weighted by Crippen LogP contribution is 2.24. The zero-order valence-corrected chi connectivity index (χ0v) is 55.1. The molecule has 0 aliphatic carbocycles. The topological polar surface area (TPSA) is 175 Å². The van der Waals surface area contributed by atoms with Crippen LogP contribution in [0.3, 0.4) is 0 Å². The Kier molecular flexibility index (Phi) is 59.9. The summed E-state index contributed by atoms with van der Waals surface area (Å²) < 4.78 is 16.7. The highest BCUT2D eigenvalue weighted by atomic mass is 16.7. The molecule has 11 nitrogen and oxygen atoms in total. The molecule has 7 unspecified atom stereocenters. The maximum atomic E-state index is 13.0. The van der Waals surface area contributed by atoms with Gasteiger partial charge in [-0.05, 0) is 51.4 Å². The highest BCUT2D eigenvalue weighted by Gasteiger charge is 2.44. The molecule has 6 N–H and O–H groups in total. The predicted octanol–water partition coefficient (Wildman–Crippen LogP) is 18.8. The van der Waals surface area contributed by atoms with Crippen LogP contribution in [0.15, 0.2) is 24.3 Å². The van der Waals surface area contributed by atoms with Crippen molar-refractivity contribution in [1.82, 2.24) is 5.32 Å². The van der Waals surface area contributed by atoms with Crippen molar-refractivity contribution in [3.63, 3.8) is 0 Å². The molecule has 7 atom stereocenters. The van der Waals surface area contributed by atoms with E-state index in [4.69, 9.17) is 14.2 Å². The number of nitrogens with one attached hydrogen (secondary N) is 1. The second-order valence-electron chi connectivity index (χ2n) is 25.7. The third-order valence-electron chi connectivity index (χ3n) is 17.6. The fourth-order valence-corrected chi connectivity index (χ4v) is 11.8. The van der Waals surface area contributed by atoms with Gasteiger partial charge < -0.3 is 45.1 Å². The Balaban J connectivity index is 1.88. The molecule has 0 aromatic carbocycles. The molecule has 0 spiro atoms. The first kappa shape index (κ1) is 80.2. The summed E-state index contributed by atoms with van der Waals surface area (Å²) in [4.78, 5) is 25.0. The molecular formula is C73H139NO10. The third-order valence-corrected chi connectivity index (χ3v) is 17.6. The molecule has 11 heteroatoms. The van der Waals surface area contributed by atoms with Gasteiger partial charge in [-0.15, -0.1) is 0 Å². The van der Waals surface area contributed by atoms with E-state index in [0.717, 1.165) is 57.8 Å². The number of esters is 1. The number of unbranched alkanes of at least 4 members (excludes halogenated alkanes) is 49. The van der Waals surface area contributed by atoms with Gasteiger partial charge in [-0.2, -0.15) is 0 Å². The molecule has 1 amide bonds. The van der Waals surface area contributed by atoms with E-state index in [-0.39, 0.29) is 18.5 Å². The van der Waals surface area contributed by atoms with E-state index in [1.54, 1.807) is 6.08 Å². The normalized spacial score (nSPS) is 18.1. The molecule has 1 aliphatic heterocycles. The van der Waals surface area contributed by atoms with Gasteiger partial charge in [0.1, 0.15) is 24.4 Å². The Bertz CT molecular complexity index is 1440. The van der Waals surface area contributed by atoms with Gasteiger partial charge in [0.05, 0.1) is 32.0 Å². The van der Waals surface area contributed by atoms with Crippen LogP contribution in [-0.2, 0) is 23.8 Å². The molecule has 0 bridgehead atoms. The molecule has 1 saturated heterocycles. The van der Waals surface area contributed by atoms with Gasteiger partial charge in [0.25, 0.3) is 0 Å². The average Bonchev–Trinajstić information content (AvgIpc) is 3.66. The van der Waals surface area contributed by atoms with Crippen LogP contribution in [0.25, 0.3) is 0 Å². The number of amides is 1. The molecule has 1 heterocycles. The van der Waals surface area contributed by atoms with E-state index in [2.05, 4.69) is 31.3 Å². The SMILES string of the molecule is CCCC/C=C\CCCCCCCC(=O)OCCCCCCCCCCCCCCCCCCCCCCCCCCCCCCCCCCCCCC(=O)NC(COC1OC(CO)C(O)C(O)C1O)C(O)/C=C/CCCCCCCCCC. The Hall–Kier alpha value is -1.86. The molecule has 1 fully saturated rings. The summed E-state index contributed by atoms with van der Waals surface area (Å²) >= 11 is 0. The van der Waals surface area contributed by atoms with Crippen LogP contribution in [-0.4, -0.2) is 100 Å². The second kappa shape index (κ2) is 62.7. The molecule has 84 heavy (non-hydrogen) atoms. The average molecular weight is 1190 g/mol. The van der Waals surface area contributed by atoms with Crippen molar-refractivity contribution in [2.24, 2.45) is 0 Å². The summed E-state index contributed by atoms with van der Waals surface area (Å²) in [7, 11) is 0. The first-order valence-electron chi connectivity index (χ1n) is 36.6. The lowest BCUT2D eigenvalue weighted by Crippen LogP contribution is -2.60. The van der Waals surface area contributed by atoms with Crippen molar-refractivity contribution in [1.29, 1.82) is 0 Å². The first-order valence-corrected chi connectivity index (χ1v) is 36.6. The molecule has 0 aromatic heterocycles. The van der Waals surface area contributed by atoms with Crippen molar-refractivity contribution in [2.45, 2.75) is 410 Å². The monoisotopic (exact) mass is 1190 g/mol. The van der Waals surface area contributed by atoms with Crippen LogP contribution < -0.4 is 5.32 Å². The van der Waals surface area contributed by atoms with E-state index < -0.39 is 49.5 Å². The van der Waals surface area contributed by atoms with Crippen LogP contribution in [0.2, 0.25) is 0 Å². The van der Waals surface area contributed by atoms with Crippen LogP contribution >= 0.6 is 0 Å². The fourth-order valence-electron chi connectivity index (χ4n) is 11.8. The van der Waals surface area contributed by atoms with E-state index in [0.29, 0.717) is 19.4 Å². The number of allylic oxidation sites excluding steroid dienone is 3. The number of aliphatic hydroxyl groups excluding tert-OH is 5. The van der Waals surface area contributed by atoms with Gasteiger partial charge in [0.2, 0.25) is 5.91 Å². The molecule has 1 rings (SSSR count). The Morgan fingerprint density at radius 1 is 0.429 bits per heavy atom. The van der Waals surface area contributed by atoms with Crippen molar-refractivity contribution in [2.75, 3.05) is 19.8 Å². The molecule has 1 aliphatic rings. The molecule has 496 valence electrons. The van der Waals surface area contributed by atoms with Gasteiger partial charge in [0.15, 0.2) is 6.29 Å². The number of hydrogen-bond donors (Lipinski definition) is 6. The number of carbonyl (C=O) groups excluding carboxylic acids is 2. The maximum absolute atomic E-state index is 13.0. The molecule has 0 radical (unpaired) electrons. The first-order chi connectivity index (χ1) is 41.2. The zero-order valence-electron chi connectivity index (χ0n) is 55.1. The van der Waals surface area contributed by atoms with Crippen LogP contribution in [0.4, 0.5) is 0 Å². The minimum Gasteiger partial charge on any atom is -0.466 e. The summed E-state index contributed by atoms with van der Waals surface area (Å²) in [6, 6.07) is -0.804. The maximum Gasteiger partial charge on any atom is 0.305 e. The Labute approximate surface area is 518 Å². The summed E-state index contributed by atoms with van der Waals surface area (Å²) in [5.74, 6) is -0.171. The standard InChI is InChI=1S/C73H139NO10/c1-3-5-7-9-11-13-40-45-49-53-57-61-69(78)82-62-58-54-50-46-42-39-37-35-33-31-29-27-25-23-21-19-17-15-16-18-20-22-24-26-28-30-32-34-36-38-41-44-48-52-56-60-68(77)74-65(64-83-73-72(81)71(80)70(79)67(63-75)84-73)66(76)59-55-51-47-43-14-12-10-8-6-4-2/h9,11,55,59,65-67,70-73,75-76,79-81H,3-8,10,12-54,56-58,60-64H2,1-2H3,(H,74,77)/b11-9-,59-55+. The zero-order chi connectivity index (χ0) is 60.9. The number of hydrogen-bond acceptors (Lipinski definition) is 10. The largest absolute Gasteiger partial charge is 0.466 e. The summed E-state index contributed by atoms with van der Waals surface area (Å²) in [6.07, 6.45) is 69.2. The minimum absolute atomic E-state index is 0.00516. The van der Waals surface area contributed by atoms with Crippen LogP contribution in [0.5, 0.6) is 0 Å². The highest BCUT2D eigenvalue weighted by molar-refractivity contribution is 5.76. The Morgan fingerprint density at radius 2 is 0.774 bits per heavy atom. The molecular weight excluding hydrogens is 1050 g/mol. The number of aliphatic hydroxyl groups is 5. The number of carbonyl (C=O) groups is 2. The summed E-state index contributed by atoms with van der Waals surface area (Å²) in [6.45, 7) is 4.33. The van der Waals surface area contributed by atoms with Crippen molar-refractivity contribution >= 4 is 11.9 Å². The lowest BCUT2D eigenvalue weighted by molar-refractivity contribution is -0.302. The van der Waals surface area contributed by atoms with Gasteiger partial charge in [-0.3, -0.25) is 9.59 Å². The summed E-state index contributed by atoms with van der Waals surface area (Å²) in [5, 5.41) is 54.4. The van der Waals surface area contributed by atoms with Crippen LogP contribution in [0, 0.1) is 0 Å². The lowest BCUT2D eigenvalue weighted by Gasteiger charge is -2.40. The fraction of sp³-hybridized carbons (Fsp3) is 0.918. The van der Waals surface area contributed by atoms with Gasteiger partial charge >= 0.3 is 5.97 Å². The van der Waals surface area contributed by atoms with E-state index in [1.165, 1.54) is 283 Å². The second-order valence-corrected chi connectivity index (χ2v) is 25.7. The van der Waals surface area contributed by atoms with Gasteiger partial charge in [-0.25, -0.2) is 0 Å². The van der Waals surface area contributed by atoms with E-state index >= 15 is 0 Å². The Morgan fingerprint density at radius 3 is 1.18 bits per heavy atom. The van der Waals surface area contributed by atoms with Crippen molar-refractivity contribution < 1.29 is 49.3 Å². The van der Waals surface area contributed by atoms with E-state index in [1.807, 2.05) is 6.08 Å². The van der Waals surface area contributed by atoms with E-state index in [9.17, 15) is 35.1 Å². The van der Waals surface area contributed by atoms with Gasteiger partial charge in [0, 0.05) is 12.8 Å². The predicted molar refractivity (Wildman–Crippen MR) is 352 cm³/mol. The van der Waals surface area contributed by atoms with Crippen molar-refractivity contribution in [3.8, 4) is 0 Å². The van der Waals surface area contributed by atoms with Crippen molar-refractivity contribution in [3.05, 3.63) is 24.3 Å². The smallest absolute Gasteiger partial charge is 0.305 e. The lowest BCUT2D eigenvalue weighted by atomic mass is 9.99. The third kappa shape index (κ3) is 51.1. The number of rotatable bonds is 65. The molecule has 0 saturated carbocycles. The van der Waals surface area contributed by atoms with Crippen LogP contribution in [0.1, 0.15) is 367 Å². The minimum atomic E-state index is -1.57. The quantitative estimate of drug-likeness (QED) is 0.0195. The number of ether oxygens (including phenoxy) is 3.